The second kappa shape index (κ2) is 7.05. The third-order valence-electron chi connectivity index (χ3n) is 4.43. The number of benzene rings is 1. The predicted octanol–water partition coefficient (Wildman–Crippen LogP) is 1.70. The Kier molecular flexibility index (Phi) is 5.37. The number of hydrogen-bond acceptors (Lipinski definition) is 3. The van der Waals surface area contributed by atoms with Gasteiger partial charge < -0.3 is 10.6 Å². The number of carbonyl (C=O) groups is 1. The first-order valence-electron chi connectivity index (χ1n) is 7.77. The molecule has 21 heavy (non-hydrogen) atoms. The van der Waals surface area contributed by atoms with Gasteiger partial charge in [0.05, 0.1) is 6.04 Å². The van der Waals surface area contributed by atoms with Crippen LogP contribution in [0.25, 0.3) is 0 Å². The van der Waals surface area contributed by atoms with Crippen molar-refractivity contribution < 1.29 is 4.79 Å². The van der Waals surface area contributed by atoms with Crippen molar-refractivity contribution in [3.63, 3.8) is 0 Å². The molecule has 0 bridgehead atoms. The van der Waals surface area contributed by atoms with Gasteiger partial charge in [0.2, 0.25) is 5.91 Å². The lowest BCUT2D eigenvalue weighted by Gasteiger charge is -2.41. The molecule has 4 heteroatoms. The fraction of sp³-hybridized carbons (Fsp3) is 0.588. The van der Waals surface area contributed by atoms with Gasteiger partial charge in [-0.15, -0.1) is 0 Å². The third kappa shape index (κ3) is 4.05. The summed E-state index contributed by atoms with van der Waals surface area (Å²) < 4.78 is 0. The Bertz CT molecular complexity index is 460. The van der Waals surface area contributed by atoms with E-state index < -0.39 is 6.04 Å². The van der Waals surface area contributed by atoms with Crippen LogP contribution in [0.15, 0.2) is 30.3 Å². The van der Waals surface area contributed by atoms with Crippen molar-refractivity contribution in [1.82, 2.24) is 9.80 Å². The van der Waals surface area contributed by atoms with E-state index in [0.29, 0.717) is 12.0 Å². The molecule has 1 saturated heterocycles. The zero-order valence-corrected chi connectivity index (χ0v) is 13.3. The van der Waals surface area contributed by atoms with Crippen molar-refractivity contribution in [2.45, 2.75) is 38.9 Å². The first kappa shape index (κ1) is 16.0. The Labute approximate surface area is 127 Å². The maximum absolute atomic E-state index is 12.0. The van der Waals surface area contributed by atoms with E-state index in [4.69, 9.17) is 5.73 Å². The third-order valence-corrected chi connectivity index (χ3v) is 4.43. The molecule has 116 valence electrons. The van der Waals surface area contributed by atoms with Crippen molar-refractivity contribution in [3.05, 3.63) is 35.9 Å². The van der Waals surface area contributed by atoms with E-state index in [1.165, 1.54) is 5.56 Å². The molecule has 1 heterocycles. The number of carbonyl (C=O) groups excluding carboxylic acids is 1. The fourth-order valence-electron chi connectivity index (χ4n) is 3.26. The van der Waals surface area contributed by atoms with Crippen LogP contribution in [0.3, 0.4) is 0 Å². The molecule has 3 atom stereocenters. The van der Waals surface area contributed by atoms with Crippen LogP contribution >= 0.6 is 0 Å². The quantitative estimate of drug-likeness (QED) is 0.918. The Morgan fingerprint density at radius 1 is 1.43 bits per heavy atom. The molecule has 1 aliphatic heterocycles. The van der Waals surface area contributed by atoms with Gasteiger partial charge in [0.1, 0.15) is 0 Å². The highest BCUT2D eigenvalue weighted by atomic mass is 16.2. The maximum atomic E-state index is 12.0. The Morgan fingerprint density at radius 2 is 2.10 bits per heavy atom. The van der Waals surface area contributed by atoms with Gasteiger partial charge in [-0.2, -0.15) is 0 Å². The van der Waals surface area contributed by atoms with E-state index in [1.807, 2.05) is 18.0 Å². The average molecular weight is 289 g/mol. The number of hydrogen-bond donors (Lipinski definition) is 1. The number of likely N-dealkylation sites (tertiary alicyclic amines) is 1. The summed E-state index contributed by atoms with van der Waals surface area (Å²) >= 11 is 0. The molecule has 1 aromatic rings. The summed E-state index contributed by atoms with van der Waals surface area (Å²) in [5.74, 6) is 0.513. The second-order valence-electron chi connectivity index (χ2n) is 6.29. The molecular weight excluding hydrogens is 262 g/mol. The molecule has 0 aliphatic carbocycles. The Hall–Kier alpha value is -1.39. The van der Waals surface area contributed by atoms with Gasteiger partial charge in [-0.25, -0.2) is 0 Å². The fourth-order valence-corrected chi connectivity index (χ4v) is 3.26. The molecule has 0 unspecified atom stereocenters. The summed E-state index contributed by atoms with van der Waals surface area (Å²) in [5.41, 5.74) is 7.07. The largest absolute Gasteiger partial charge is 0.341 e. The molecule has 1 aliphatic rings. The highest BCUT2D eigenvalue weighted by molar-refractivity contribution is 5.81. The first-order chi connectivity index (χ1) is 9.99. The molecule has 0 spiro atoms. The van der Waals surface area contributed by atoms with E-state index in [-0.39, 0.29) is 5.91 Å². The van der Waals surface area contributed by atoms with Gasteiger partial charge in [0.15, 0.2) is 0 Å². The second-order valence-corrected chi connectivity index (χ2v) is 6.29. The number of amides is 1. The van der Waals surface area contributed by atoms with Gasteiger partial charge in [-0.05, 0) is 24.8 Å². The van der Waals surface area contributed by atoms with Crippen molar-refractivity contribution in [3.8, 4) is 0 Å². The highest BCUT2D eigenvalue weighted by Crippen LogP contribution is 2.23. The summed E-state index contributed by atoms with van der Waals surface area (Å²) in [6.45, 7) is 7.03. The van der Waals surface area contributed by atoms with Crippen LogP contribution in [0.5, 0.6) is 0 Å². The van der Waals surface area contributed by atoms with E-state index in [0.717, 1.165) is 26.1 Å². The summed E-state index contributed by atoms with van der Waals surface area (Å²) in [5, 5.41) is 0. The number of likely N-dealkylation sites (N-methyl/N-ethyl adjacent to an activating group) is 1. The van der Waals surface area contributed by atoms with Gasteiger partial charge in [0, 0.05) is 32.7 Å². The van der Waals surface area contributed by atoms with Crippen LogP contribution in [0.4, 0.5) is 0 Å². The zero-order valence-electron chi connectivity index (χ0n) is 13.3. The smallest absolute Gasteiger partial charge is 0.239 e. The van der Waals surface area contributed by atoms with E-state index in [9.17, 15) is 4.79 Å². The topological polar surface area (TPSA) is 49.6 Å². The molecular formula is C17H27N3O. The molecule has 1 fully saturated rings. The normalized spacial score (nSPS) is 24.6. The monoisotopic (exact) mass is 289 g/mol. The van der Waals surface area contributed by atoms with Crippen LogP contribution in [-0.2, 0) is 11.3 Å². The Morgan fingerprint density at radius 3 is 2.67 bits per heavy atom. The molecule has 2 rings (SSSR count). The molecule has 1 amide bonds. The number of piperidine rings is 1. The van der Waals surface area contributed by atoms with E-state index in [2.05, 4.69) is 36.1 Å². The number of rotatable bonds is 4. The summed E-state index contributed by atoms with van der Waals surface area (Å²) in [4.78, 5) is 16.4. The minimum absolute atomic E-state index is 0.0448. The van der Waals surface area contributed by atoms with Crippen LogP contribution in [0.2, 0.25) is 0 Å². The molecule has 1 aromatic carbocycles. The molecule has 4 nitrogen and oxygen atoms in total. The Balaban J connectivity index is 1.91. The van der Waals surface area contributed by atoms with Crippen LogP contribution < -0.4 is 5.73 Å². The van der Waals surface area contributed by atoms with Crippen molar-refractivity contribution >= 4 is 5.91 Å². The number of nitrogens with two attached hydrogens (primary N) is 1. The predicted molar refractivity (Wildman–Crippen MR) is 85.7 cm³/mol. The summed E-state index contributed by atoms with van der Waals surface area (Å²) in [6.07, 6.45) is 1.02. The standard InChI is InChI=1S/C17H27N3O/c1-13-11-20(12-15-7-5-4-6-8-15)10-9-16(13)19(3)17(21)14(2)18/h4-8,13-14,16H,9-12,18H2,1-3H3/t13-,14-,16-/m0/s1. The molecule has 0 saturated carbocycles. The minimum Gasteiger partial charge on any atom is -0.341 e. The lowest BCUT2D eigenvalue weighted by atomic mass is 9.92. The van der Waals surface area contributed by atoms with Crippen molar-refractivity contribution in [2.75, 3.05) is 20.1 Å². The van der Waals surface area contributed by atoms with Gasteiger partial charge in [0.25, 0.3) is 0 Å². The SMILES string of the molecule is C[C@H](N)C(=O)N(C)[C@H]1CCN(Cc2ccccc2)C[C@@H]1C. The summed E-state index contributed by atoms with van der Waals surface area (Å²) in [6, 6.07) is 10.4. The van der Waals surface area contributed by atoms with Gasteiger partial charge >= 0.3 is 0 Å². The molecule has 2 N–H and O–H groups in total. The van der Waals surface area contributed by atoms with Gasteiger partial charge in [-0.3, -0.25) is 9.69 Å². The minimum atomic E-state index is -0.412. The van der Waals surface area contributed by atoms with Crippen LogP contribution in [0, 0.1) is 5.92 Å². The maximum Gasteiger partial charge on any atom is 0.239 e. The van der Waals surface area contributed by atoms with Crippen molar-refractivity contribution in [2.24, 2.45) is 11.7 Å². The lowest BCUT2D eigenvalue weighted by molar-refractivity contribution is -0.135. The van der Waals surface area contributed by atoms with Gasteiger partial charge in [-0.1, -0.05) is 37.3 Å². The van der Waals surface area contributed by atoms with E-state index in [1.54, 1.807) is 6.92 Å². The van der Waals surface area contributed by atoms with Crippen LogP contribution in [-0.4, -0.2) is 47.9 Å². The summed E-state index contributed by atoms with van der Waals surface area (Å²) in [7, 11) is 1.89. The first-order valence-corrected chi connectivity index (χ1v) is 7.77. The average Bonchev–Trinajstić information content (AvgIpc) is 2.47. The van der Waals surface area contributed by atoms with Crippen LogP contribution in [0.1, 0.15) is 25.8 Å². The number of nitrogens with zero attached hydrogens (tertiary/aromatic N) is 2. The lowest BCUT2D eigenvalue weighted by Crippen LogP contribution is -2.53. The van der Waals surface area contributed by atoms with E-state index >= 15 is 0 Å². The molecule has 0 radical (unpaired) electrons. The van der Waals surface area contributed by atoms with Crippen molar-refractivity contribution in [1.29, 1.82) is 0 Å². The highest BCUT2D eigenvalue weighted by Gasteiger charge is 2.31. The zero-order chi connectivity index (χ0) is 15.4. The molecule has 0 aromatic heterocycles.